The van der Waals surface area contributed by atoms with Gasteiger partial charge >= 0.3 is 0 Å². The Hall–Kier alpha value is -3.67. The maximum Gasteiger partial charge on any atom is 0.286 e. The zero-order valence-corrected chi connectivity index (χ0v) is 17.2. The molecule has 0 aliphatic heterocycles. The van der Waals surface area contributed by atoms with Crippen LogP contribution in [0.1, 0.15) is 31.9 Å². The van der Waals surface area contributed by atoms with Crippen LogP contribution in [0.25, 0.3) is 16.9 Å². The highest BCUT2D eigenvalue weighted by Crippen LogP contribution is 2.25. The SMILES string of the molecule is CC(C)(C)c1ccc(COc2ccc(-c3cn4cc([N+](=O)[O-])ccc4n3)cc2)cc1. The van der Waals surface area contributed by atoms with E-state index in [9.17, 15) is 10.1 Å². The van der Waals surface area contributed by atoms with Crippen molar-refractivity contribution in [3.05, 3.63) is 94.3 Å². The molecule has 2 aromatic heterocycles. The van der Waals surface area contributed by atoms with E-state index < -0.39 is 4.92 Å². The lowest BCUT2D eigenvalue weighted by Crippen LogP contribution is -2.10. The second kappa shape index (κ2) is 7.63. The van der Waals surface area contributed by atoms with E-state index in [0.717, 1.165) is 22.6 Å². The number of benzene rings is 2. The normalized spacial score (nSPS) is 11.6. The number of pyridine rings is 1. The van der Waals surface area contributed by atoms with Gasteiger partial charge in [0.25, 0.3) is 5.69 Å². The van der Waals surface area contributed by atoms with E-state index in [1.54, 1.807) is 16.7 Å². The smallest absolute Gasteiger partial charge is 0.286 e. The first-order valence-electron chi connectivity index (χ1n) is 9.75. The van der Waals surface area contributed by atoms with Gasteiger partial charge in [-0.05, 0) is 46.9 Å². The molecule has 0 aliphatic carbocycles. The summed E-state index contributed by atoms with van der Waals surface area (Å²) < 4.78 is 7.57. The lowest BCUT2D eigenvalue weighted by molar-refractivity contribution is -0.385. The summed E-state index contributed by atoms with van der Waals surface area (Å²) in [6.45, 7) is 7.10. The highest BCUT2D eigenvalue weighted by atomic mass is 16.6. The molecule has 0 unspecified atom stereocenters. The van der Waals surface area contributed by atoms with E-state index in [4.69, 9.17) is 4.74 Å². The van der Waals surface area contributed by atoms with Crippen molar-refractivity contribution in [2.75, 3.05) is 0 Å². The fourth-order valence-corrected chi connectivity index (χ4v) is 3.22. The number of imidazole rings is 1. The van der Waals surface area contributed by atoms with Gasteiger partial charge in [-0.25, -0.2) is 4.98 Å². The number of fused-ring (bicyclic) bond motifs is 1. The van der Waals surface area contributed by atoms with Crippen molar-refractivity contribution in [2.45, 2.75) is 32.8 Å². The van der Waals surface area contributed by atoms with Gasteiger partial charge in [0, 0.05) is 17.8 Å². The number of rotatable bonds is 5. The molecule has 0 spiro atoms. The average Bonchev–Trinajstić information content (AvgIpc) is 3.15. The number of hydrogen-bond acceptors (Lipinski definition) is 4. The van der Waals surface area contributed by atoms with Gasteiger partial charge in [0.1, 0.15) is 18.0 Å². The van der Waals surface area contributed by atoms with Crippen LogP contribution < -0.4 is 4.74 Å². The van der Waals surface area contributed by atoms with E-state index in [-0.39, 0.29) is 11.1 Å². The Morgan fingerprint density at radius 3 is 2.30 bits per heavy atom. The van der Waals surface area contributed by atoms with E-state index >= 15 is 0 Å². The van der Waals surface area contributed by atoms with Gasteiger partial charge in [0.15, 0.2) is 0 Å². The van der Waals surface area contributed by atoms with Gasteiger partial charge in [-0.15, -0.1) is 0 Å². The lowest BCUT2D eigenvalue weighted by Gasteiger charge is -2.19. The molecule has 0 N–H and O–H groups in total. The van der Waals surface area contributed by atoms with Crippen LogP contribution >= 0.6 is 0 Å². The molecule has 0 saturated heterocycles. The maximum absolute atomic E-state index is 10.9. The molecule has 4 rings (SSSR count). The number of nitrogens with zero attached hydrogens (tertiary/aromatic N) is 3. The van der Waals surface area contributed by atoms with E-state index in [1.165, 1.54) is 17.8 Å². The summed E-state index contributed by atoms with van der Waals surface area (Å²) in [4.78, 5) is 15.1. The molecule has 0 fully saturated rings. The average molecular weight is 401 g/mol. The Morgan fingerprint density at radius 2 is 1.67 bits per heavy atom. The molecule has 0 amide bonds. The summed E-state index contributed by atoms with van der Waals surface area (Å²) >= 11 is 0. The van der Waals surface area contributed by atoms with Gasteiger partial charge in [0.2, 0.25) is 0 Å². The summed E-state index contributed by atoms with van der Waals surface area (Å²) in [5.41, 5.74) is 4.92. The predicted octanol–water partition coefficient (Wildman–Crippen LogP) is 5.79. The van der Waals surface area contributed by atoms with Crippen molar-refractivity contribution < 1.29 is 9.66 Å². The number of nitro groups is 1. The third-order valence-corrected chi connectivity index (χ3v) is 5.02. The highest BCUT2D eigenvalue weighted by Gasteiger charge is 2.13. The van der Waals surface area contributed by atoms with Crippen molar-refractivity contribution in [1.82, 2.24) is 9.38 Å². The number of ether oxygens (including phenoxy) is 1. The van der Waals surface area contributed by atoms with Crippen LogP contribution in [0.15, 0.2) is 73.1 Å². The van der Waals surface area contributed by atoms with Crippen LogP contribution in [0.3, 0.4) is 0 Å². The van der Waals surface area contributed by atoms with Crippen molar-refractivity contribution in [2.24, 2.45) is 0 Å². The minimum Gasteiger partial charge on any atom is -0.489 e. The summed E-state index contributed by atoms with van der Waals surface area (Å²) in [5.74, 6) is 0.776. The zero-order valence-electron chi connectivity index (χ0n) is 17.2. The molecule has 0 bridgehead atoms. The molecule has 2 heterocycles. The molecule has 2 aromatic carbocycles. The standard InChI is InChI=1S/C24H23N3O3/c1-24(2,3)19-8-4-17(5-9-19)16-30-21-11-6-18(7-12-21)22-15-26-14-20(27(28)29)10-13-23(26)25-22/h4-15H,16H2,1-3H3. The highest BCUT2D eigenvalue weighted by molar-refractivity contribution is 5.63. The summed E-state index contributed by atoms with van der Waals surface area (Å²) in [5, 5.41) is 10.9. The predicted molar refractivity (Wildman–Crippen MR) is 117 cm³/mol. The van der Waals surface area contributed by atoms with Gasteiger partial charge in [0.05, 0.1) is 16.8 Å². The van der Waals surface area contributed by atoms with Crippen LogP contribution in [0.5, 0.6) is 5.75 Å². The monoisotopic (exact) mass is 401 g/mol. The minimum absolute atomic E-state index is 0.0331. The molecular weight excluding hydrogens is 378 g/mol. The third-order valence-electron chi connectivity index (χ3n) is 5.02. The second-order valence-electron chi connectivity index (χ2n) is 8.30. The van der Waals surface area contributed by atoms with Crippen LogP contribution in [0.4, 0.5) is 5.69 Å². The van der Waals surface area contributed by atoms with Crippen LogP contribution in [0.2, 0.25) is 0 Å². The Morgan fingerprint density at radius 1 is 0.967 bits per heavy atom. The van der Waals surface area contributed by atoms with Gasteiger partial charge in [-0.1, -0.05) is 45.0 Å². The number of hydrogen-bond donors (Lipinski definition) is 0. The third kappa shape index (κ3) is 4.17. The molecule has 0 aliphatic rings. The Balaban J connectivity index is 1.45. The summed E-state index contributed by atoms with van der Waals surface area (Å²) in [6.07, 6.45) is 3.25. The quantitative estimate of drug-likeness (QED) is 0.314. The Kier molecular flexibility index (Phi) is 4.99. The van der Waals surface area contributed by atoms with Crippen LogP contribution in [-0.2, 0) is 12.0 Å². The molecule has 30 heavy (non-hydrogen) atoms. The van der Waals surface area contributed by atoms with Crippen molar-refractivity contribution in [3.8, 4) is 17.0 Å². The molecule has 0 saturated carbocycles. The van der Waals surface area contributed by atoms with Crippen LogP contribution in [-0.4, -0.2) is 14.3 Å². The minimum atomic E-state index is -0.415. The van der Waals surface area contributed by atoms with Gasteiger partial charge in [-0.2, -0.15) is 0 Å². The fraction of sp³-hybridized carbons (Fsp3) is 0.208. The van der Waals surface area contributed by atoms with Gasteiger partial charge in [-0.3, -0.25) is 14.5 Å². The van der Waals surface area contributed by atoms with Gasteiger partial charge < -0.3 is 4.74 Å². The van der Waals surface area contributed by atoms with E-state index in [2.05, 4.69) is 50.0 Å². The Bertz CT molecular complexity index is 1190. The molecule has 4 aromatic rings. The molecule has 0 atom stereocenters. The van der Waals surface area contributed by atoms with Crippen molar-refractivity contribution in [3.63, 3.8) is 0 Å². The first kappa shape index (κ1) is 19.6. The first-order chi connectivity index (χ1) is 14.3. The summed E-state index contributed by atoms with van der Waals surface area (Å²) in [6, 6.07) is 19.3. The molecule has 6 heteroatoms. The molecular formula is C24H23N3O3. The van der Waals surface area contributed by atoms with E-state index in [1.807, 2.05) is 24.3 Å². The largest absolute Gasteiger partial charge is 0.489 e. The fourth-order valence-electron chi connectivity index (χ4n) is 3.22. The van der Waals surface area contributed by atoms with E-state index in [0.29, 0.717) is 12.3 Å². The second-order valence-corrected chi connectivity index (χ2v) is 8.30. The molecule has 152 valence electrons. The zero-order chi connectivity index (χ0) is 21.3. The molecule has 0 radical (unpaired) electrons. The van der Waals surface area contributed by atoms with Crippen LogP contribution in [0, 0.1) is 10.1 Å². The van der Waals surface area contributed by atoms with Crippen molar-refractivity contribution in [1.29, 1.82) is 0 Å². The summed E-state index contributed by atoms with van der Waals surface area (Å²) in [7, 11) is 0. The number of aromatic nitrogens is 2. The Labute approximate surface area is 174 Å². The topological polar surface area (TPSA) is 69.7 Å². The lowest BCUT2D eigenvalue weighted by atomic mass is 9.87. The maximum atomic E-state index is 10.9. The first-order valence-corrected chi connectivity index (χ1v) is 9.75. The molecule has 6 nitrogen and oxygen atoms in total. The van der Waals surface area contributed by atoms with Crippen molar-refractivity contribution >= 4 is 11.3 Å².